The normalized spacial score (nSPS) is 25.2. The van der Waals surface area contributed by atoms with Gasteiger partial charge in [-0.1, -0.05) is 41.5 Å². The van der Waals surface area contributed by atoms with Crippen molar-refractivity contribution in [3.8, 4) is 0 Å². The van der Waals surface area contributed by atoms with E-state index in [0.29, 0.717) is 5.56 Å². The lowest BCUT2D eigenvalue weighted by atomic mass is 9.82. The molecule has 0 radical (unpaired) electrons. The number of rotatable bonds is 5. The zero-order chi connectivity index (χ0) is 18.9. The summed E-state index contributed by atoms with van der Waals surface area (Å²) in [6.45, 7) is 3.64. The number of hydrogen-bond donors (Lipinski definition) is 2. The molecule has 138 valence electrons. The van der Waals surface area contributed by atoms with Crippen LogP contribution in [0, 0.1) is 5.41 Å². The minimum Gasteiger partial charge on any atom is -0.446 e. The zero-order valence-electron chi connectivity index (χ0n) is 13.8. The average Bonchev–Trinajstić information content (AvgIpc) is 2.99. The highest BCUT2D eigenvalue weighted by molar-refractivity contribution is 8.25. The number of ether oxygens (including phenoxy) is 1. The lowest BCUT2D eigenvalue weighted by Gasteiger charge is -2.56. The van der Waals surface area contributed by atoms with Crippen molar-refractivity contribution in [3.05, 3.63) is 59.0 Å². The third kappa shape index (κ3) is 3.04. The maximum Gasteiger partial charge on any atom is 0.417 e. The van der Waals surface area contributed by atoms with Gasteiger partial charge in [0.05, 0.1) is 0 Å². The summed E-state index contributed by atoms with van der Waals surface area (Å²) in [6.07, 6.45) is 0.563. The van der Waals surface area contributed by atoms with Crippen LogP contribution in [-0.2, 0) is 9.53 Å². The monoisotopic (exact) mass is 378 g/mol. The molecule has 9 nitrogen and oxygen atoms in total. The van der Waals surface area contributed by atoms with E-state index in [0.717, 1.165) is 4.90 Å². The summed E-state index contributed by atoms with van der Waals surface area (Å²) in [6, 6.07) is 6.92. The van der Waals surface area contributed by atoms with Gasteiger partial charge in [0.1, 0.15) is 18.7 Å². The van der Waals surface area contributed by atoms with E-state index in [-0.39, 0.29) is 18.1 Å². The highest BCUT2D eigenvalue weighted by Crippen LogP contribution is 2.61. The number of imide groups is 1. The van der Waals surface area contributed by atoms with Crippen LogP contribution in [0.2, 0.25) is 0 Å². The molecule has 0 spiro atoms. The summed E-state index contributed by atoms with van der Waals surface area (Å²) < 4.78 is 24.6. The molecule has 0 saturated carbocycles. The first-order valence-electron chi connectivity index (χ1n) is 7.80. The van der Waals surface area contributed by atoms with Gasteiger partial charge < -0.3 is 4.74 Å². The van der Waals surface area contributed by atoms with Crippen molar-refractivity contribution >= 4 is 22.6 Å². The Morgan fingerprint density at radius 2 is 2.12 bits per heavy atom. The molecule has 0 aliphatic carbocycles. The highest BCUT2D eigenvalue weighted by Gasteiger charge is 2.56. The Balaban J connectivity index is 1.94. The molecule has 10 heteroatoms. The Kier molecular flexibility index (Phi) is 4.68. The minimum absolute atomic E-state index is 0.00610. The molecule has 2 amide bonds. The summed E-state index contributed by atoms with van der Waals surface area (Å²) in [5.41, 5.74) is 8.51. The van der Waals surface area contributed by atoms with Crippen LogP contribution in [0.3, 0.4) is 0 Å². The molecule has 1 aromatic rings. The number of benzene rings is 1. The van der Waals surface area contributed by atoms with Crippen molar-refractivity contribution in [2.75, 3.05) is 18.1 Å². The highest BCUT2D eigenvalue weighted by atomic mass is 32.3. The van der Waals surface area contributed by atoms with Crippen molar-refractivity contribution in [3.63, 3.8) is 0 Å². The molecule has 2 fully saturated rings. The first-order chi connectivity index (χ1) is 12.3. The number of azide groups is 1. The lowest BCUT2D eigenvalue weighted by molar-refractivity contribution is -0.132. The second-order valence-electron chi connectivity index (χ2n) is 6.35. The summed E-state index contributed by atoms with van der Waals surface area (Å²) in [5, 5.41) is 3.56. The fourth-order valence-corrected chi connectivity index (χ4v) is 5.57. The van der Waals surface area contributed by atoms with Crippen LogP contribution in [0.15, 0.2) is 48.1 Å². The van der Waals surface area contributed by atoms with Crippen LogP contribution in [0.5, 0.6) is 0 Å². The number of nitrogens with zero attached hydrogens (tertiary/aromatic N) is 4. The molecule has 2 heterocycles. The molecular weight excluding hydrogens is 360 g/mol. The fourth-order valence-electron chi connectivity index (χ4n) is 3.39. The summed E-state index contributed by atoms with van der Waals surface area (Å²) in [5.74, 6) is -1.02. The Morgan fingerprint density at radius 3 is 2.65 bits per heavy atom. The third-order valence-electron chi connectivity index (χ3n) is 4.65. The van der Waals surface area contributed by atoms with Gasteiger partial charge in [-0.05, 0) is 11.1 Å². The van der Waals surface area contributed by atoms with Crippen molar-refractivity contribution < 1.29 is 23.4 Å². The van der Waals surface area contributed by atoms with E-state index >= 15 is 0 Å². The van der Waals surface area contributed by atoms with Crippen LogP contribution < -0.4 is 0 Å². The van der Waals surface area contributed by atoms with E-state index in [9.17, 15) is 18.7 Å². The van der Waals surface area contributed by atoms with E-state index in [1.807, 2.05) is 6.07 Å². The van der Waals surface area contributed by atoms with Gasteiger partial charge in [-0.3, -0.25) is 13.9 Å². The first-order valence-corrected chi connectivity index (χ1v) is 9.68. The van der Waals surface area contributed by atoms with Gasteiger partial charge in [-0.2, -0.15) is 10.6 Å². The molecule has 2 saturated heterocycles. The molecule has 2 unspecified atom stereocenters. The molecule has 0 aromatic heterocycles. The van der Waals surface area contributed by atoms with Gasteiger partial charge in [0, 0.05) is 21.8 Å². The minimum atomic E-state index is -2.84. The van der Waals surface area contributed by atoms with Gasteiger partial charge in [-0.25, -0.2) is 9.69 Å². The molecule has 2 aliphatic rings. The quantitative estimate of drug-likeness (QED) is 0.350. The second kappa shape index (κ2) is 6.65. The van der Waals surface area contributed by atoms with Crippen LogP contribution in [0.1, 0.15) is 11.6 Å². The van der Waals surface area contributed by atoms with E-state index in [2.05, 4.69) is 16.6 Å². The molecule has 2 atom stereocenters. The van der Waals surface area contributed by atoms with E-state index in [1.54, 1.807) is 24.3 Å². The number of carbonyl (C=O) groups is 2. The van der Waals surface area contributed by atoms with Crippen molar-refractivity contribution in [1.29, 1.82) is 0 Å². The molecular formula is C16H18N4O5S. The predicted octanol–water partition coefficient (Wildman–Crippen LogP) is 3.32. The Labute approximate surface area is 151 Å². The fraction of sp³-hybridized carbons (Fsp3) is 0.375. The summed E-state index contributed by atoms with van der Waals surface area (Å²) >= 11 is 0. The largest absolute Gasteiger partial charge is 0.446 e. The van der Waals surface area contributed by atoms with E-state index < -0.39 is 40.1 Å². The van der Waals surface area contributed by atoms with Crippen molar-refractivity contribution in [2.45, 2.75) is 12.1 Å². The molecule has 1 aromatic carbocycles. The van der Waals surface area contributed by atoms with Gasteiger partial charge in [-0.15, -0.1) is 6.58 Å². The number of cyclic esters (lactones) is 1. The van der Waals surface area contributed by atoms with Gasteiger partial charge in [0.25, 0.3) is 0 Å². The van der Waals surface area contributed by atoms with Gasteiger partial charge in [0.2, 0.25) is 5.91 Å². The van der Waals surface area contributed by atoms with E-state index in [4.69, 9.17) is 10.3 Å². The number of amides is 2. The number of hydrogen-bond acceptors (Lipinski definition) is 6. The standard InChI is InChI=1S/C16H18N4O5S/c1-2-16(9-26(23,24)10-16)13(18-19-17)14(21)20-12(8-25-15(20)22)11-6-4-3-5-7-11/h2-7,12-13,23-24H,1,8-10H2. The Bertz CT molecular complexity index is 785. The van der Waals surface area contributed by atoms with Crippen LogP contribution in [0.4, 0.5) is 4.79 Å². The van der Waals surface area contributed by atoms with Crippen LogP contribution in [0.25, 0.3) is 10.4 Å². The third-order valence-corrected chi connectivity index (χ3v) is 6.65. The van der Waals surface area contributed by atoms with Gasteiger partial charge >= 0.3 is 6.09 Å². The predicted molar refractivity (Wildman–Crippen MR) is 95.5 cm³/mol. The van der Waals surface area contributed by atoms with Crippen LogP contribution in [-0.4, -0.2) is 50.2 Å². The average molecular weight is 378 g/mol. The first kappa shape index (κ1) is 18.3. The maximum absolute atomic E-state index is 13.1. The topological polar surface area (TPSA) is 136 Å². The second-order valence-corrected chi connectivity index (χ2v) is 8.53. The van der Waals surface area contributed by atoms with E-state index in [1.165, 1.54) is 6.08 Å². The molecule has 26 heavy (non-hydrogen) atoms. The molecule has 2 N–H and O–H groups in total. The molecule has 2 aliphatic heterocycles. The van der Waals surface area contributed by atoms with Crippen LogP contribution >= 0.6 is 10.6 Å². The molecule has 3 rings (SSSR count). The Hall–Kier alpha value is -2.52. The van der Waals surface area contributed by atoms with Gasteiger partial charge in [0.15, 0.2) is 0 Å². The summed E-state index contributed by atoms with van der Waals surface area (Å²) in [7, 11) is -2.84. The van der Waals surface area contributed by atoms with Crippen molar-refractivity contribution in [1.82, 2.24) is 4.90 Å². The van der Waals surface area contributed by atoms with Crippen molar-refractivity contribution in [2.24, 2.45) is 10.5 Å². The molecule has 0 bridgehead atoms. The number of carbonyl (C=O) groups excluding carboxylic acids is 2. The smallest absolute Gasteiger partial charge is 0.417 e. The Morgan fingerprint density at radius 1 is 1.46 bits per heavy atom. The summed E-state index contributed by atoms with van der Waals surface area (Å²) in [4.78, 5) is 28.9. The SMILES string of the molecule is C=CC1(C(N=[N+]=[N-])C(=O)N2C(=O)OCC2c2ccccc2)CS(O)(O)C1. The lowest BCUT2D eigenvalue weighted by Crippen LogP contribution is -2.57. The zero-order valence-corrected chi connectivity index (χ0v) is 14.6. The maximum atomic E-state index is 13.1.